The quantitative estimate of drug-likeness (QED) is 0.332. The summed E-state index contributed by atoms with van der Waals surface area (Å²) in [6, 6.07) is 17.0. The van der Waals surface area contributed by atoms with E-state index in [2.05, 4.69) is 47.1 Å². The summed E-state index contributed by atoms with van der Waals surface area (Å²) in [5.74, 6) is 0.450. The number of nitrogens with zero attached hydrogens (tertiary/aromatic N) is 3. The molecule has 0 unspecified atom stereocenters. The molecule has 0 saturated carbocycles. The second-order valence-electron chi connectivity index (χ2n) is 7.66. The lowest BCUT2D eigenvalue weighted by Crippen LogP contribution is -2.39. The van der Waals surface area contributed by atoms with Gasteiger partial charge in [0.15, 0.2) is 0 Å². The lowest BCUT2D eigenvalue weighted by atomic mass is 10.1. The Labute approximate surface area is 207 Å². The van der Waals surface area contributed by atoms with Gasteiger partial charge < -0.3 is 14.5 Å². The van der Waals surface area contributed by atoms with Crippen LogP contribution in [-0.2, 0) is 4.74 Å². The minimum atomic E-state index is -0.440. The van der Waals surface area contributed by atoms with Gasteiger partial charge in [-0.05, 0) is 42.5 Å². The van der Waals surface area contributed by atoms with E-state index in [0.29, 0.717) is 48.4 Å². The molecule has 4 aromatic rings. The number of halogens is 2. The molecule has 0 amide bonds. The first-order chi connectivity index (χ1) is 16.0. The van der Waals surface area contributed by atoms with Crippen LogP contribution in [-0.4, -0.2) is 47.8 Å². The van der Waals surface area contributed by atoms with Gasteiger partial charge in [-0.2, -0.15) is 0 Å². The normalized spacial score (nSPS) is 14.5. The van der Waals surface area contributed by atoms with Gasteiger partial charge in [0.25, 0.3) is 0 Å². The van der Waals surface area contributed by atoms with Crippen molar-refractivity contribution in [3.63, 3.8) is 0 Å². The molecule has 2 aromatic heterocycles. The number of morpholine rings is 1. The summed E-state index contributed by atoms with van der Waals surface area (Å²) in [6.07, 6.45) is 0. The smallest absolute Gasteiger partial charge is 0.345 e. The number of aromatic nitrogens is 2. The lowest BCUT2D eigenvalue weighted by Gasteiger charge is -2.26. The number of benzene rings is 2. The maximum absolute atomic E-state index is 12.8. The number of rotatable bonds is 5. The summed E-state index contributed by atoms with van der Waals surface area (Å²) in [5.41, 5.74) is 2.61. The number of hydrogen-bond donors (Lipinski definition) is 1. The minimum Gasteiger partial charge on any atom is -0.422 e. The van der Waals surface area contributed by atoms with Crippen molar-refractivity contribution in [2.45, 2.75) is 0 Å². The molecule has 7 nitrogen and oxygen atoms in total. The summed E-state index contributed by atoms with van der Waals surface area (Å²) in [7, 11) is 0. The fourth-order valence-electron chi connectivity index (χ4n) is 3.65. The second kappa shape index (κ2) is 9.72. The summed E-state index contributed by atoms with van der Waals surface area (Å²) in [5, 5.41) is 4.12. The van der Waals surface area contributed by atoms with Gasteiger partial charge in [0.2, 0.25) is 5.95 Å². The number of hydrogen-bond acceptors (Lipinski definition) is 7. The number of fused-ring (bicyclic) bond motifs is 1. The van der Waals surface area contributed by atoms with Gasteiger partial charge in [-0.25, -0.2) is 14.8 Å². The third kappa shape index (κ3) is 5.16. The highest BCUT2D eigenvalue weighted by molar-refractivity contribution is 9.10. The number of nitrogens with one attached hydrogen (secondary N) is 1. The molecule has 5 rings (SSSR count). The van der Waals surface area contributed by atoms with Crippen LogP contribution < -0.4 is 10.9 Å². The maximum atomic E-state index is 12.8. The van der Waals surface area contributed by atoms with Gasteiger partial charge in [0.1, 0.15) is 5.58 Å². The third-order valence-corrected chi connectivity index (χ3v) is 6.42. The highest BCUT2D eigenvalue weighted by atomic mass is 79.9. The molecule has 1 aliphatic heterocycles. The average Bonchev–Trinajstić information content (AvgIpc) is 2.83. The van der Waals surface area contributed by atoms with Gasteiger partial charge in [-0.1, -0.05) is 44.0 Å². The first-order valence-corrected chi connectivity index (χ1v) is 12.1. The van der Waals surface area contributed by atoms with Crippen LogP contribution in [0.3, 0.4) is 0 Å². The minimum absolute atomic E-state index is 0.385. The topological polar surface area (TPSA) is 80.5 Å². The van der Waals surface area contributed by atoms with Crippen molar-refractivity contribution in [3.8, 4) is 22.5 Å². The van der Waals surface area contributed by atoms with E-state index < -0.39 is 5.63 Å². The Morgan fingerprint density at radius 3 is 2.42 bits per heavy atom. The SMILES string of the molecule is O=c1oc2ccc(Br)cc2cc1-c1cc(-c2ccc(Br)cc2)nc(NCN2CCOCC2)n1. The summed E-state index contributed by atoms with van der Waals surface area (Å²) in [6.45, 7) is 3.69. The van der Waals surface area contributed by atoms with Crippen molar-refractivity contribution in [1.82, 2.24) is 14.9 Å². The van der Waals surface area contributed by atoms with E-state index in [9.17, 15) is 4.79 Å². The molecule has 2 aromatic carbocycles. The van der Waals surface area contributed by atoms with E-state index in [0.717, 1.165) is 33.0 Å². The molecule has 1 fully saturated rings. The zero-order valence-electron chi connectivity index (χ0n) is 17.6. The Morgan fingerprint density at radius 2 is 1.64 bits per heavy atom. The molecule has 0 bridgehead atoms. The van der Waals surface area contributed by atoms with Crippen molar-refractivity contribution in [1.29, 1.82) is 0 Å². The monoisotopic (exact) mass is 570 g/mol. The molecule has 3 heterocycles. The van der Waals surface area contributed by atoms with Crippen LogP contribution in [0.25, 0.3) is 33.5 Å². The van der Waals surface area contributed by atoms with Crippen molar-refractivity contribution < 1.29 is 9.15 Å². The summed E-state index contributed by atoms with van der Waals surface area (Å²) >= 11 is 6.95. The van der Waals surface area contributed by atoms with E-state index in [-0.39, 0.29) is 0 Å². The van der Waals surface area contributed by atoms with Crippen LogP contribution >= 0.6 is 31.9 Å². The third-order valence-electron chi connectivity index (χ3n) is 5.40. The van der Waals surface area contributed by atoms with Gasteiger partial charge in [-0.3, -0.25) is 4.90 Å². The Bertz CT molecular complexity index is 1350. The van der Waals surface area contributed by atoms with Gasteiger partial charge in [0, 0.05) is 33.0 Å². The molecule has 1 N–H and O–H groups in total. The fourth-order valence-corrected chi connectivity index (χ4v) is 4.29. The van der Waals surface area contributed by atoms with Crippen LogP contribution in [0, 0.1) is 0 Å². The predicted molar refractivity (Wildman–Crippen MR) is 135 cm³/mol. The highest BCUT2D eigenvalue weighted by Gasteiger charge is 2.15. The Morgan fingerprint density at radius 1 is 0.909 bits per heavy atom. The van der Waals surface area contributed by atoms with Gasteiger partial charge in [-0.15, -0.1) is 0 Å². The van der Waals surface area contributed by atoms with Crippen LogP contribution in [0.15, 0.2) is 72.8 Å². The van der Waals surface area contributed by atoms with Crippen molar-refractivity contribution in [2.75, 3.05) is 38.3 Å². The Hall–Kier alpha value is -2.59. The lowest BCUT2D eigenvalue weighted by molar-refractivity contribution is 0.0414. The summed E-state index contributed by atoms with van der Waals surface area (Å²) < 4.78 is 12.9. The standard InChI is InChI=1S/C24H20Br2N4O3/c25-17-3-1-15(2-4-17)20-13-21(29-24(28-20)27-14-30-7-9-32-10-8-30)19-12-16-11-18(26)5-6-22(16)33-23(19)31/h1-6,11-13H,7-10,14H2,(H,27,28,29). The molecule has 0 atom stereocenters. The highest BCUT2D eigenvalue weighted by Crippen LogP contribution is 2.27. The van der Waals surface area contributed by atoms with Crippen LogP contribution in [0.2, 0.25) is 0 Å². The van der Waals surface area contributed by atoms with E-state index in [4.69, 9.17) is 14.1 Å². The molecule has 1 saturated heterocycles. The molecule has 0 radical (unpaired) electrons. The number of anilines is 1. The van der Waals surface area contributed by atoms with E-state index in [1.54, 1.807) is 6.07 Å². The second-order valence-corrected chi connectivity index (χ2v) is 9.50. The fraction of sp³-hybridized carbons (Fsp3) is 0.208. The molecule has 9 heteroatoms. The summed E-state index contributed by atoms with van der Waals surface area (Å²) in [4.78, 5) is 24.5. The number of ether oxygens (including phenoxy) is 1. The molecule has 33 heavy (non-hydrogen) atoms. The van der Waals surface area contributed by atoms with E-state index in [1.807, 2.05) is 48.5 Å². The van der Waals surface area contributed by atoms with Crippen LogP contribution in [0.5, 0.6) is 0 Å². The Balaban J connectivity index is 1.57. The van der Waals surface area contributed by atoms with Crippen molar-refractivity contribution in [2.24, 2.45) is 0 Å². The Kier molecular flexibility index (Phi) is 6.55. The average molecular weight is 572 g/mol. The van der Waals surface area contributed by atoms with E-state index in [1.165, 1.54) is 0 Å². The molecule has 0 spiro atoms. The largest absolute Gasteiger partial charge is 0.422 e. The molecule has 1 aliphatic rings. The molecule has 0 aliphatic carbocycles. The first-order valence-electron chi connectivity index (χ1n) is 10.5. The van der Waals surface area contributed by atoms with Crippen LogP contribution in [0.1, 0.15) is 0 Å². The van der Waals surface area contributed by atoms with Gasteiger partial charge >= 0.3 is 5.63 Å². The predicted octanol–water partition coefficient (Wildman–Crippen LogP) is 5.14. The zero-order chi connectivity index (χ0) is 22.8. The van der Waals surface area contributed by atoms with E-state index >= 15 is 0 Å². The molecule has 168 valence electrons. The van der Waals surface area contributed by atoms with Gasteiger partial charge in [0.05, 0.1) is 36.8 Å². The molecular formula is C24H20Br2N4O3. The van der Waals surface area contributed by atoms with Crippen molar-refractivity contribution in [3.05, 3.63) is 74.0 Å². The van der Waals surface area contributed by atoms with Crippen molar-refractivity contribution >= 4 is 48.8 Å². The maximum Gasteiger partial charge on any atom is 0.345 e. The van der Waals surface area contributed by atoms with Crippen LogP contribution in [0.4, 0.5) is 5.95 Å². The molecular weight excluding hydrogens is 552 g/mol. The zero-order valence-corrected chi connectivity index (χ0v) is 20.7. The first kappa shape index (κ1) is 22.2.